The molecule has 0 aromatic carbocycles. The quantitative estimate of drug-likeness (QED) is 0.756. The van der Waals surface area contributed by atoms with Crippen LogP contribution >= 0.6 is 11.6 Å². The molecule has 1 aromatic rings. The standard InChI is InChI=1S/C10H13ClN2O/c11-9-6-7-10(13-12-9)14-8-4-2-1-3-5-8/h6-8H,1-5H2. The molecule has 0 saturated heterocycles. The molecule has 1 aromatic heterocycles. The topological polar surface area (TPSA) is 35.0 Å². The van der Waals surface area contributed by atoms with Gasteiger partial charge in [0.1, 0.15) is 6.10 Å². The Hall–Kier alpha value is -0.830. The lowest BCUT2D eigenvalue weighted by Crippen LogP contribution is -2.20. The summed E-state index contributed by atoms with van der Waals surface area (Å²) >= 11 is 5.63. The van der Waals surface area contributed by atoms with Crippen LogP contribution in [0.25, 0.3) is 0 Å². The maximum absolute atomic E-state index is 5.68. The second-order valence-electron chi connectivity index (χ2n) is 3.57. The second-order valence-corrected chi connectivity index (χ2v) is 3.96. The Morgan fingerprint density at radius 3 is 2.57 bits per heavy atom. The SMILES string of the molecule is Clc1ccc(OC2CCCCC2)nn1. The molecule has 1 aliphatic rings. The Morgan fingerprint density at radius 2 is 1.93 bits per heavy atom. The minimum atomic E-state index is 0.319. The molecule has 0 spiro atoms. The van der Waals surface area contributed by atoms with Gasteiger partial charge in [0.15, 0.2) is 5.15 Å². The van der Waals surface area contributed by atoms with Gasteiger partial charge in [0.05, 0.1) is 0 Å². The molecule has 14 heavy (non-hydrogen) atoms. The summed E-state index contributed by atoms with van der Waals surface area (Å²) < 4.78 is 5.68. The van der Waals surface area contributed by atoms with Gasteiger partial charge in [-0.3, -0.25) is 0 Å². The summed E-state index contributed by atoms with van der Waals surface area (Å²) in [6.07, 6.45) is 6.41. The smallest absolute Gasteiger partial charge is 0.233 e. The van der Waals surface area contributed by atoms with Crippen LogP contribution < -0.4 is 4.74 Å². The molecule has 0 atom stereocenters. The molecule has 0 N–H and O–H groups in total. The van der Waals surface area contributed by atoms with Crippen LogP contribution in [-0.4, -0.2) is 16.3 Å². The zero-order valence-corrected chi connectivity index (χ0v) is 8.70. The van der Waals surface area contributed by atoms with Gasteiger partial charge in [-0.25, -0.2) is 0 Å². The van der Waals surface area contributed by atoms with Crippen LogP contribution in [0.5, 0.6) is 5.88 Å². The van der Waals surface area contributed by atoms with E-state index in [1.54, 1.807) is 12.1 Å². The molecule has 0 amide bonds. The number of nitrogens with zero attached hydrogens (tertiary/aromatic N) is 2. The van der Waals surface area contributed by atoms with Crippen LogP contribution in [0, 0.1) is 0 Å². The van der Waals surface area contributed by atoms with Crippen molar-refractivity contribution in [3.8, 4) is 5.88 Å². The molecule has 0 aliphatic heterocycles. The van der Waals surface area contributed by atoms with Gasteiger partial charge >= 0.3 is 0 Å². The average molecular weight is 213 g/mol. The Kier molecular flexibility index (Phi) is 3.19. The minimum Gasteiger partial charge on any atom is -0.473 e. The molecule has 3 nitrogen and oxygen atoms in total. The van der Waals surface area contributed by atoms with Crippen LogP contribution in [0.3, 0.4) is 0 Å². The highest BCUT2D eigenvalue weighted by Crippen LogP contribution is 2.22. The summed E-state index contributed by atoms with van der Waals surface area (Å²) in [5, 5.41) is 8.01. The lowest BCUT2D eigenvalue weighted by molar-refractivity contribution is 0.147. The van der Waals surface area contributed by atoms with E-state index in [1.807, 2.05) is 0 Å². The number of aromatic nitrogens is 2. The highest BCUT2D eigenvalue weighted by atomic mass is 35.5. The van der Waals surface area contributed by atoms with Gasteiger partial charge in [-0.05, 0) is 31.7 Å². The lowest BCUT2D eigenvalue weighted by atomic mass is 9.98. The summed E-state index contributed by atoms with van der Waals surface area (Å²) in [4.78, 5) is 0. The van der Waals surface area contributed by atoms with Crippen molar-refractivity contribution in [2.45, 2.75) is 38.2 Å². The highest BCUT2D eigenvalue weighted by molar-refractivity contribution is 6.29. The monoisotopic (exact) mass is 212 g/mol. The average Bonchev–Trinajstić information content (AvgIpc) is 2.23. The Labute approximate surface area is 88.4 Å². The van der Waals surface area contributed by atoms with Crippen molar-refractivity contribution in [3.05, 3.63) is 17.3 Å². The predicted octanol–water partition coefficient (Wildman–Crippen LogP) is 2.84. The van der Waals surface area contributed by atoms with E-state index in [2.05, 4.69) is 10.2 Å². The molecule has 1 saturated carbocycles. The van der Waals surface area contributed by atoms with Crippen LogP contribution in [0.1, 0.15) is 32.1 Å². The lowest BCUT2D eigenvalue weighted by Gasteiger charge is -2.21. The molecule has 1 aliphatic carbocycles. The first kappa shape index (κ1) is 9.71. The molecule has 1 fully saturated rings. The summed E-state index contributed by atoms with van der Waals surface area (Å²) in [5.41, 5.74) is 0. The van der Waals surface area contributed by atoms with Gasteiger partial charge in [-0.2, -0.15) is 0 Å². The van der Waals surface area contributed by atoms with Crippen LogP contribution in [0.15, 0.2) is 12.1 Å². The van der Waals surface area contributed by atoms with E-state index < -0.39 is 0 Å². The van der Waals surface area contributed by atoms with Crippen molar-refractivity contribution >= 4 is 11.6 Å². The second kappa shape index (κ2) is 4.60. The molecule has 0 radical (unpaired) electrons. The van der Waals surface area contributed by atoms with Crippen LogP contribution in [-0.2, 0) is 0 Å². The van der Waals surface area contributed by atoms with Crippen molar-refractivity contribution < 1.29 is 4.74 Å². The van der Waals surface area contributed by atoms with Gasteiger partial charge in [0.25, 0.3) is 0 Å². The number of hydrogen-bond acceptors (Lipinski definition) is 3. The van der Waals surface area contributed by atoms with Gasteiger partial charge < -0.3 is 4.74 Å². The predicted molar refractivity (Wildman–Crippen MR) is 54.5 cm³/mol. The first-order chi connectivity index (χ1) is 6.84. The van der Waals surface area contributed by atoms with Gasteiger partial charge in [0.2, 0.25) is 5.88 Å². The van der Waals surface area contributed by atoms with E-state index in [-0.39, 0.29) is 0 Å². The summed E-state index contributed by atoms with van der Waals surface area (Å²) in [6, 6.07) is 3.47. The third-order valence-corrected chi connectivity index (χ3v) is 2.65. The Bertz CT molecular complexity index is 283. The van der Waals surface area contributed by atoms with Gasteiger partial charge in [0, 0.05) is 6.07 Å². The fourth-order valence-electron chi connectivity index (χ4n) is 1.72. The van der Waals surface area contributed by atoms with Crippen molar-refractivity contribution in [2.24, 2.45) is 0 Å². The zero-order chi connectivity index (χ0) is 9.80. The van der Waals surface area contributed by atoms with E-state index in [4.69, 9.17) is 16.3 Å². The van der Waals surface area contributed by atoms with Crippen LogP contribution in [0.2, 0.25) is 5.15 Å². The van der Waals surface area contributed by atoms with Crippen molar-refractivity contribution in [1.82, 2.24) is 10.2 Å². The maximum atomic E-state index is 5.68. The molecule has 0 bridgehead atoms. The highest BCUT2D eigenvalue weighted by Gasteiger charge is 2.15. The summed E-state index contributed by atoms with van der Waals surface area (Å²) in [6.45, 7) is 0. The third-order valence-electron chi connectivity index (χ3n) is 2.45. The molecule has 2 rings (SSSR count). The summed E-state index contributed by atoms with van der Waals surface area (Å²) in [7, 11) is 0. The number of hydrogen-bond donors (Lipinski definition) is 0. The normalized spacial score (nSPS) is 18.1. The number of rotatable bonds is 2. The van der Waals surface area contributed by atoms with Crippen molar-refractivity contribution in [1.29, 1.82) is 0 Å². The van der Waals surface area contributed by atoms with Crippen LogP contribution in [0.4, 0.5) is 0 Å². The molecule has 0 unspecified atom stereocenters. The number of ether oxygens (including phenoxy) is 1. The van der Waals surface area contributed by atoms with E-state index >= 15 is 0 Å². The third kappa shape index (κ3) is 2.58. The first-order valence-electron chi connectivity index (χ1n) is 5.00. The molecule has 76 valence electrons. The van der Waals surface area contributed by atoms with Crippen molar-refractivity contribution in [2.75, 3.05) is 0 Å². The zero-order valence-electron chi connectivity index (χ0n) is 7.95. The van der Waals surface area contributed by atoms with E-state index in [9.17, 15) is 0 Å². The van der Waals surface area contributed by atoms with Gasteiger partial charge in [-0.15, -0.1) is 10.2 Å². The Morgan fingerprint density at radius 1 is 1.14 bits per heavy atom. The van der Waals surface area contributed by atoms with Crippen molar-refractivity contribution in [3.63, 3.8) is 0 Å². The molecular formula is C10H13ClN2O. The largest absolute Gasteiger partial charge is 0.473 e. The first-order valence-corrected chi connectivity index (χ1v) is 5.38. The minimum absolute atomic E-state index is 0.319. The molecule has 1 heterocycles. The fraction of sp³-hybridized carbons (Fsp3) is 0.600. The van der Waals surface area contributed by atoms with Gasteiger partial charge in [-0.1, -0.05) is 18.0 Å². The summed E-state index contributed by atoms with van der Waals surface area (Å²) in [5.74, 6) is 0.585. The van der Waals surface area contributed by atoms with E-state index in [1.165, 1.54) is 19.3 Å². The Balaban J connectivity index is 1.92. The molecular weight excluding hydrogens is 200 g/mol. The fourth-order valence-corrected chi connectivity index (χ4v) is 1.82. The number of halogens is 1. The molecule has 4 heteroatoms. The van der Waals surface area contributed by atoms with E-state index in [0.29, 0.717) is 17.1 Å². The maximum Gasteiger partial charge on any atom is 0.233 e. The van der Waals surface area contributed by atoms with E-state index in [0.717, 1.165) is 12.8 Å².